The summed E-state index contributed by atoms with van der Waals surface area (Å²) in [5.74, 6) is 0. The lowest BCUT2D eigenvalue weighted by Gasteiger charge is -2.07. The molecule has 104 valence electrons. The van der Waals surface area contributed by atoms with Crippen molar-refractivity contribution in [2.45, 2.75) is 39.3 Å². The molecule has 0 fully saturated rings. The molecule has 0 unspecified atom stereocenters. The molecule has 0 saturated carbocycles. The maximum atomic E-state index is 5.52. The lowest BCUT2D eigenvalue weighted by atomic mass is 10.2. The maximum absolute atomic E-state index is 5.52. The molecule has 19 heavy (non-hydrogen) atoms. The largest absolute Gasteiger partial charge is 0.379 e. The molecule has 0 atom stereocenters. The number of H-pyrrole nitrogens is 1. The lowest BCUT2D eigenvalue weighted by Crippen LogP contribution is -2.15. The number of unbranched alkanes of at least 4 members (excludes halogenated alkanes) is 1. The van der Waals surface area contributed by atoms with Gasteiger partial charge in [0.25, 0.3) is 0 Å². The first-order chi connectivity index (χ1) is 9.27. The van der Waals surface area contributed by atoms with E-state index in [1.165, 1.54) is 16.5 Å². The topological polar surface area (TPSA) is 37.0 Å². The third-order valence-corrected chi connectivity index (χ3v) is 3.19. The zero-order valence-electron chi connectivity index (χ0n) is 11.9. The van der Waals surface area contributed by atoms with Crippen molar-refractivity contribution >= 4 is 10.9 Å². The van der Waals surface area contributed by atoms with E-state index in [1.807, 2.05) is 0 Å². The van der Waals surface area contributed by atoms with Crippen molar-refractivity contribution in [3.63, 3.8) is 0 Å². The number of fused-ring (bicyclic) bond motifs is 1. The van der Waals surface area contributed by atoms with Gasteiger partial charge in [-0.05, 0) is 44.9 Å². The van der Waals surface area contributed by atoms with Gasteiger partial charge in [0.2, 0.25) is 0 Å². The molecule has 0 saturated heterocycles. The SMILES string of the molecule is CC(C)OCCCCNCc1c[nH]c2ccccc12. The van der Waals surface area contributed by atoms with Crippen molar-refractivity contribution < 1.29 is 4.74 Å². The first-order valence-electron chi connectivity index (χ1n) is 7.14. The van der Waals surface area contributed by atoms with Crippen LogP contribution < -0.4 is 5.32 Å². The molecule has 0 spiro atoms. The van der Waals surface area contributed by atoms with Gasteiger partial charge in [0.1, 0.15) is 0 Å². The Bertz CT molecular complexity index is 490. The highest BCUT2D eigenvalue weighted by atomic mass is 16.5. The van der Waals surface area contributed by atoms with Gasteiger partial charge in [-0.15, -0.1) is 0 Å². The lowest BCUT2D eigenvalue weighted by molar-refractivity contribution is 0.0760. The highest BCUT2D eigenvalue weighted by Gasteiger charge is 2.01. The first-order valence-corrected chi connectivity index (χ1v) is 7.14. The summed E-state index contributed by atoms with van der Waals surface area (Å²) in [4.78, 5) is 3.30. The minimum Gasteiger partial charge on any atom is -0.379 e. The van der Waals surface area contributed by atoms with Crippen LogP contribution in [0.1, 0.15) is 32.3 Å². The maximum Gasteiger partial charge on any atom is 0.0518 e. The van der Waals surface area contributed by atoms with Crippen LogP contribution in [0.2, 0.25) is 0 Å². The van der Waals surface area contributed by atoms with Crippen molar-refractivity contribution in [1.82, 2.24) is 10.3 Å². The molecule has 0 bridgehead atoms. The van der Waals surface area contributed by atoms with Gasteiger partial charge in [-0.1, -0.05) is 18.2 Å². The van der Waals surface area contributed by atoms with Gasteiger partial charge in [0.05, 0.1) is 6.10 Å². The summed E-state index contributed by atoms with van der Waals surface area (Å²) < 4.78 is 5.52. The van der Waals surface area contributed by atoms with E-state index in [2.05, 4.69) is 54.6 Å². The molecular formula is C16H24N2O. The number of para-hydroxylation sites is 1. The number of aromatic nitrogens is 1. The third-order valence-electron chi connectivity index (χ3n) is 3.19. The van der Waals surface area contributed by atoms with Gasteiger partial charge < -0.3 is 15.0 Å². The molecule has 0 aliphatic carbocycles. The molecule has 3 heteroatoms. The van der Waals surface area contributed by atoms with Crippen LogP contribution in [0.4, 0.5) is 0 Å². The summed E-state index contributed by atoms with van der Waals surface area (Å²) in [6.45, 7) is 6.99. The summed E-state index contributed by atoms with van der Waals surface area (Å²) in [7, 11) is 0. The highest BCUT2D eigenvalue weighted by molar-refractivity contribution is 5.82. The van der Waals surface area contributed by atoms with Crippen LogP contribution >= 0.6 is 0 Å². The van der Waals surface area contributed by atoms with E-state index in [4.69, 9.17) is 4.74 Å². The first kappa shape index (κ1) is 14.1. The summed E-state index contributed by atoms with van der Waals surface area (Å²) in [5, 5.41) is 4.81. The Balaban J connectivity index is 1.66. The van der Waals surface area contributed by atoms with Crippen molar-refractivity contribution in [2.24, 2.45) is 0 Å². The summed E-state index contributed by atoms with van der Waals surface area (Å²) >= 11 is 0. The van der Waals surface area contributed by atoms with Crippen molar-refractivity contribution in [3.05, 3.63) is 36.0 Å². The van der Waals surface area contributed by atoms with Crippen LogP contribution in [-0.4, -0.2) is 24.2 Å². The Morgan fingerprint density at radius 2 is 2.05 bits per heavy atom. The Kier molecular flexibility index (Phi) is 5.43. The molecule has 0 aliphatic rings. The number of ether oxygens (including phenoxy) is 1. The zero-order chi connectivity index (χ0) is 13.5. The van der Waals surface area contributed by atoms with E-state index in [0.717, 1.165) is 32.5 Å². The molecule has 0 amide bonds. The van der Waals surface area contributed by atoms with Gasteiger partial charge in [0.15, 0.2) is 0 Å². The smallest absolute Gasteiger partial charge is 0.0518 e. The van der Waals surface area contributed by atoms with Crippen molar-refractivity contribution in [1.29, 1.82) is 0 Å². The molecule has 1 aromatic heterocycles. The number of nitrogens with one attached hydrogen (secondary N) is 2. The molecule has 2 N–H and O–H groups in total. The number of rotatable bonds is 8. The minimum atomic E-state index is 0.346. The van der Waals surface area contributed by atoms with Gasteiger partial charge in [0, 0.05) is 30.3 Å². The van der Waals surface area contributed by atoms with Gasteiger partial charge in [-0.25, -0.2) is 0 Å². The second kappa shape index (κ2) is 7.31. The van der Waals surface area contributed by atoms with E-state index in [0.29, 0.717) is 6.10 Å². The fraction of sp³-hybridized carbons (Fsp3) is 0.500. The molecule has 2 aromatic rings. The van der Waals surface area contributed by atoms with E-state index in [9.17, 15) is 0 Å². The summed E-state index contributed by atoms with van der Waals surface area (Å²) in [6, 6.07) is 8.43. The van der Waals surface area contributed by atoms with E-state index >= 15 is 0 Å². The average Bonchev–Trinajstić information content (AvgIpc) is 2.81. The fourth-order valence-electron chi connectivity index (χ4n) is 2.17. The number of hydrogen-bond donors (Lipinski definition) is 2. The molecule has 1 aromatic carbocycles. The quantitative estimate of drug-likeness (QED) is 0.713. The predicted octanol–water partition coefficient (Wildman–Crippen LogP) is 3.46. The van der Waals surface area contributed by atoms with Gasteiger partial charge in [-0.2, -0.15) is 0 Å². The van der Waals surface area contributed by atoms with Crippen LogP contribution in [-0.2, 0) is 11.3 Å². The monoisotopic (exact) mass is 260 g/mol. The molecule has 0 radical (unpaired) electrons. The number of hydrogen-bond acceptors (Lipinski definition) is 2. The molecule has 0 aliphatic heterocycles. The van der Waals surface area contributed by atoms with Crippen LogP contribution in [0.5, 0.6) is 0 Å². The van der Waals surface area contributed by atoms with Gasteiger partial charge >= 0.3 is 0 Å². The Morgan fingerprint density at radius 3 is 2.89 bits per heavy atom. The fourth-order valence-corrected chi connectivity index (χ4v) is 2.17. The summed E-state index contributed by atoms with van der Waals surface area (Å²) in [6.07, 6.45) is 4.73. The standard InChI is InChI=1S/C16H24N2O/c1-13(2)19-10-6-5-9-17-11-14-12-18-16-8-4-3-7-15(14)16/h3-4,7-8,12-13,17-18H,5-6,9-11H2,1-2H3. The van der Waals surface area contributed by atoms with E-state index in [1.54, 1.807) is 0 Å². The number of aromatic amines is 1. The molecule has 3 nitrogen and oxygen atoms in total. The normalized spacial score (nSPS) is 11.5. The number of benzene rings is 1. The molecular weight excluding hydrogens is 236 g/mol. The zero-order valence-corrected chi connectivity index (χ0v) is 11.9. The van der Waals surface area contributed by atoms with Crippen LogP contribution in [0, 0.1) is 0 Å². The average molecular weight is 260 g/mol. The van der Waals surface area contributed by atoms with Crippen molar-refractivity contribution in [3.8, 4) is 0 Å². The van der Waals surface area contributed by atoms with E-state index in [-0.39, 0.29) is 0 Å². The van der Waals surface area contributed by atoms with Crippen LogP contribution in [0.15, 0.2) is 30.5 Å². The van der Waals surface area contributed by atoms with Crippen LogP contribution in [0.25, 0.3) is 10.9 Å². The highest BCUT2D eigenvalue weighted by Crippen LogP contribution is 2.17. The molecule has 1 heterocycles. The van der Waals surface area contributed by atoms with Crippen LogP contribution in [0.3, 0.4) is 0 Å². The second-order valence-corrected chi connectivity index (χ2v) is 5.16. The second-order valence-electron chi connectivity index (χ2n) is 5.16. The Morgan fingerprint density at radius 1 is 1.21 bits per heavy atom. The van der Waals surface area contributed by atoms with E-state index < -0.39 is 0 Å². The predicted molar refractivity (Wildman–Crippen MR) is 80.3 cm³/mol. The third kappa shape index (κ3) is 4.37. The Hall–Kier alpha value is -1.32. The minimum absolute atomic E-state index is 0.346. The Labute approximate surface area is 115 Å². The van der Waals surface area contributed by atoms with Crippen molar-refractivity contribution in [2.75, 3.05) is 13.2 Å². The van der Waals surface area contributed by atoms with Gasteiger partial charge in [-0.3, -0.25) is 0 Å². The summed E-state index contributed by atoms with van der Waals surface area (Å²) in [5.41, 5.74) is 2.55. The molecule has 2 rings (SSSR count).